The lowest BCUT2D eigenvalue weighted by Gasteiger charge is -2.15. The Bertz CT molecular complexity index is 975. The lowest BCUT2D eigenvalue weighted by molar-refractivity contribution is -0.131. The second-order valence-corrected chi connectivity index (χ2v) is 7.34. The third-order valence-electron chi connectivity index (χ3n) is 4.54. The van der Waals surface area contributed by atoms with Crippen molar-refractivity contribution in [2.75, 3.05) is 13.1 Å². The zero-order valence-electron chi connectivity index (χ0n) is 13.2. The van der Waals surface area contributed by atoms with Crippen molar-refractivity contribution in [3.63, 3.8) is 0 Å². The molecule has 0 saturated carbocycles. The van der Waals surface area contributed by atoms with E-state index in [9.17, 15) is 9.59 Å². The van der Waals surface area contributed by atoms with Gasteiger partial charge >= 0.3 is 0 Å². The van der Waals surface area contributed by atoms with Crippen LogP contribution in [0.4, 0.5) is 0 Å². The predicted octanol–water partition coefficient (Wildman–Crippen LogP) is 1.88. The quantitative estimate of drug-likeness (QED) is 0.721. The van der Waals surface area contributed by atoms with E-state index in [2.05, 4.69) is 18.1 Å². The summed E-state index contributed by atoms with van der Waals surface area (Å²) in [5.41, 5.74) is 1.47. The average molecular weight is 330 g/mol. The van der Waals surface area contributed by atoms with E-state index in [-0.39, 0.29) is 18.0 Å². The molecule has 1 fully saturated rings. The van der Waals surface area contributed by atoms with Crippen molar-refractivity contribution in [1.82, 2.24) is 19.2 Å². The number of aromatic nitrogens is 3. The largest absolute Gasteiger partial charge is 0.341 e. The standard InChI is InChI=1S/C16H18N4O2S/c1-10-7-12-15(23-10)11-8-17-20(16(22)14(11)18(12)2)9-13(21)19-5-3-4-6-19/h7-8H,3-6,9H2,1-2H3. The highest BCUT2D eigenvalue weighted by atomic mass is 32.1. The Balaban J connectivity index is 1.80. The molecule has 3 aromatic heterocycles. The van der Waals surface area contributed by atoms with Crippen LogP contribution in [0.5, 0.6) is 0 Å². The molecule has 4 heterocycles. The minimum Gasteiger partial charge on any atom is -0.341 e. The smallest absolute Gasteiger partial charge is 0.291 e. The Morgan fingerprint density at radius 3 is 2.83 bits per heavy atom. The molecule has 1 aliphatic rings. The van der Waals surface area contributed by atoms with E-state index in [0.29, 0.717) is 5.52 Å². The molecule has 4 rings (SSSR count). The van der Waals surface area contributed by atoms with E-state index in [4.69, 9.17) is 0 Å². The molecule has 3 aromatic rings. The number of likely N-dealkylation sites (tertiary alicyclic amines) is 1. The Morgan fingerprint density at radius 1 is 1.35 bits per heavy atom. The number of nitrogens with zero attached hydrogens (tertiary/aromatic N) is 4. The lowest BCUT2D eigenvalue weighted by atomic mass is 10.3. The highest BCUT2D eigenvalue weighted by Gasteiger charge is 2.21. The number of carbonyl (C=O) groups is 1. The monoisotopic (exact) mass is 330 g/mol. The van der Waals surface area contributed by atoms with E-state index in [1.807, 2.05) is 16.5 Å². The van der Waals surface area contributed by atoms with E-state index >= 15 is 0 Å². The number of aryl methyl sites for hydroxylation is 2. The molecule has 6 nitrogen and oxygen atoms in total. The van der Waals surface area contributed by atoms with Gasteiger partial charge in [0.05, 0.1) is 16.4 Å². The van der Waals surface area contributed by atoms with Gasteiger partial charge in [-0.15, -0.1) is 11.3 Å². The van der Waals surface area contributed by atoms with Gasteiger partial charge in [-0.2, -0.15) is 5.10 Å². The van der Waals surface area contributed by atoms with Crippen LogP contribution in [0, 0.1) is 6.92 Å². The summed E-state index contributed by atoms with van der Waals surface area (Å²) in [4.78, 5) is 28.1. The lowest BCUT2D eigenvalue weighted by Crippen LogP contribution is -2.35. The molecule has 0 aromatic carbocycles. The number of rotatable bonds is 2. The second-order valence-electron chi connectivity index (χ2n) is 6.09. The van der Waals surface area contributed by atoms with E-state index in [1.165, 1.54) is 9.56 Å². The number of fused-ring (bicyclic) bond motifs is 3. The minimum atomic E-state index is -0.196. The molecule has 0 radical (unpaired) electrons. The molecule has 120 valence electrons. The molecule has 1 aliphatic heterocycles. The van der Waals surface area contributed by atoms with E-state index in [1.54, 1.807) is 17.5 Å². The van der Waals surface area contributed by atoms with Crippen LogP contribution in [0.25, 0.3) is 21.1 Å². The summed E-state index contributed by atoms with van der Waals surface area (Å²) in [7, 11) is 1.89. The molecule has 23 heavy (non-hydrogen) atoms. The van der Waals surface area contributed by atoms with Crippen LogP contribution in [0.3, 0.4) is 0 Å². The molecule has 0 aliphatic carbocycles. The third-order valence-corrected chi connectivity index (χ3v) is 5.61. The first-order valence-electron chi connectivity index (χ1n) is 7.78. The van der Waals surface area contributed by atoms with Gasteiger partial charge in [-0.25, -0.2) is 4.68 Å². The zero-order chi connectivity index (χ0) is 16.1. The van der Waals surface area contributed by atoms with Crippen LogP contribution in [-0.2, 0) is 18.4 Å². The maximum atomic E-state index is 12.8. The highest BCUT2D eigenvalue weighted by Crippen LogP contribution is 2.32. The van der Waals surface area contributed by atoms with Crippen LogP contribution in [0.2, 0.25) is 0 Å². The summed E-state index contributed by atoms with van der Waals surface area (Å²) in [5, 5.41) is 5.11. The summed E-state index contributed by atoms with van der Waals surface area (Å²) >= 11 is 1.67. The number of carbonyl (C=O) groups excluding carboxylic acids is 1. The van der Waals surface area contributed by atoms with Crippen LogP contribution >= 0.6 is 11.3 Å². The molecular weight excluding hydrogens is 312 g/mol. The Hall–Kier alpha value is -2.15. The van der Waals surface area contributed by atoms with Gasteiger partial charge in [0.2, 0.25) is 5.91 Å². The molecule has 1 amide bonds. The zero-order valence-corrected chi connectivity index (χ0v) is 14.0. The van der Waals surface area contributed by atoms with Crippen molar-refractivity contribution in [2.24, 2.45) is 7.05 Å². The Labute approximate surface area is 136 Å². The summed E-state index contributed by atoms with van der Waals surface area (Å²) in [6.45, 7) is 3.65. The van der Waals surface area contributed by atoms with Gasteiger partial charge in [-0.3, -0.25) is 9.59 Å². The van der Waals surface area contributed by atoms with Gasteiger partial charge in [0.1, 0.15) is 12.1 Å². The van der Waals surface area contributed by atoms with Gasteiger partial charge in [-0.1, -0.05) is 0 Å². The summed E-state index contributed by atoms with van der Waals surface area (Å²) < 4.78 is 4.29. The van der Waals surface area contributed by atoms with Crippen molar-refractivity contribution >= 4 is 38.4 Å². The molecule has 0 spiro atoms. The van der Waals surface area contributed by atoms with Crippen LogP contribution in [0.1, 0.15) is 17.7 Å². The van der Waals surface area contributed by atoms with Crippen molar-refractivity contribution < 1.29 is 4.79 Å². The van der Waals surface area contributed by atoms with E-state index in [0.717, 1.165) is 41.5 Å². The van der Waals surface area contributed by atoms with Crippen molar-refractivity contribution in [3.05, 3.63) is 27.5 Å². The van der Waals surface area contributed by atoms with E-state index < -0.39 is 0 Å². The van der Waals surface area contributed by atoms with Crippen LogP contribution in [-0.4, -0.2) is 38.2 Å². The molecule has 7 heteroatoms. The molecule has 0 bridgehead atoms. The molecular formula is C16H18N4O2S. The maximum Gasteiger partial charge on any atom is 0.291 e. The first-order valence-corrected chi connectivity index (χ1v) is 8.60. The molecule has 0 unspecified atom stereocenters. The van der Waals surface area contributed by atoms with Crippen LogP contribution < -0.4 is 5.56 Å². The Kier molecular flexibility index (Phi) is 3.26. The van der Waals surface area contributed by atoms with Gasteiger partial charge < -0.3 is 9.47 Å². The fourth-order valence-corrected chi connectivity index (χ4v) is 4.39. The van der Waals surface area contributed by atoms with Gasteiger partial charge in [0.25, 0.3) is 5.56 Å². The van der Waals surface area contributed by atoms with Gasteiger partial charge in [0, 0.05) is 30.4 Å². The highest BCUT2D eigenvalue weighted by molar-refractivity contribution is 7.20. The third kappa shape index (κ3) is 2.18. The fourth-order valence-electron chi connectivity index (χ4n) is 3.34. The Morgan fingerprint density at radius 2 is 2.09 bits per heavy atom. The summed E-state index contributed by atoms with van der Waals surface area (Å²) in [6.07, 6.45) is 3.80. The second kappa shape index (κ2) is 5.19. The number of amides is 1. The molecule has 0 atom stereocenters. The maximum absolute atomic E-state index is 12.8. The van der Waals surface area contributed by atoms with Gasteiger partial charge in [0.15, 0.2) is 0 Å². The SMILES string of the molecule is Cc1cc2c(s1)c1cnn(CC(=O)N3CCCC3)c(=O)c1n2C. The average Bonchev–Trinajstić information content (AvgIpc) is 3.21. The number of thiophene rings is 1. The van der Waals surface area contributed by atoms with Crippen molar-refractivity contribution in [3.8, 4) is 0 Å². The predicted molar refractivity (Wildman–Crippen MR) is 90.9 cm³/mol. The minimum absolute atomic E-state index is 0.0205. The molecule has 1 saturated heterocycles. The van der Waals surface area contributed by atoms with Crippen molar-refractivity contribution in [2.45, 2.75) is 26.3 Å². The first-order chi connectivity index (χ1) is 11.1. The topological polar surface area (TPSA) is 60.1 Å². The number of hydrogen-bond donors (Lipinski definition) is 0. The fraction of sp³-hybridized carbons (Fsp3) is 0.438. The normalized spacial score (nSPS) is 15.1. The van der Waals surface area contributed by atoms with Gasteiger partial charge in [-0.05, 0) is 25.8 Å². The first kappa shape index (κ1) is 14.4. The molecule has 0 N–H and O–H groups in total. The van der Waals surface area contributed by atoms with Crippen molar-refractivity contribution in [1.29, 1.82) is 0 Å². The van der Waals surface area contributed by atoms with Crippen LogP contribution in [0.15, 0.2) is 17.1 Å². The summed E-state index contributed by atoms with van der Waals surface area (Å²) in [6, 6.07) is 2.08. The number of hydrogen-bond acceptors (Lipinski definition) is 4. The summed E-state index contributed by atoms with van der Waals surface area (Å²) in [5.74, 6) is -0.0247.